The Balaban J connectivity index is 1.75. The summed E-state index contributed by atoms with van der Waals surface area (Å²) >= 11 is 13.2. The number of carbonyl (C=O) groups is 2. The molecule has 12 heteroatoms. The first-order valence-electron chi connectivity index (χ1n) is 12.7. The van der Waals surface area contributed by atoms with Crippen LogP contribution in [-0.2, 0) is 6.42 Å². The van der Waals surface area contributed by atoms with E-state index in [4.69, 9.17) is 23.2 Å². The highest BCUT2D eigenvalue weighted by atomic mass is 35.5. The highest BCUT2D eigenvalue weighted by Crippen LogP contribution is 2.33. The lowest BCUT2D eigenvalue weighted by Crippen LogP contribution is -2.55. The first-order chi connectivity index (χ1) is 19.0. The SMILES string of the molecule is CC(C)Cc1ncccc1NC(=O)/N=C(\c1cc(Cl)c(-c2ccccc2F)nc1Cl)N1CCN(C(=O)O)C[C@@H]1C. The van der Waals surface area contributed by atoms with Crippen molar-refractivity contribution in [2.45, 2.75) is 33.2 Å². The second kappa shape index (κ2) is 12.6. The Morgan fingerprint density at radius 2 is 1.95 bits per heavy atom. The number of aliphatic imine (C=N–C) groups is 1. The van der Waals surface area contributed by atoms with E-state index in [1.165, 1.54) is 23.1 Å². The monoisotopic (exact) mass is 586 g/mol. The average molecular weight is 587 g/mol. The molecule has 2 N–H and O–H groups in total. The van der Waals surface area contributed by atoms with Crippen molar-refractivity contribution in [2.24, 2.45) is 10.9 Å². The summed E-state index contributed by atoms with van der Waals surface area (Å²) in [6.07, 6.45) is 1.29. The number of benzene rings is 1. The van der Waals surface area contributed by atoms with Gasteiger partial charge in [-0.1, -0.05) is 49.2 Å². The normalized spacial score (nSPS) is 15.9. The zero-order chi connectivity index (χ0) is 29.0. The Hall–Kier alpha value is -3.76. The first kappa shape index (κ1) is 29.2. The van der Waals surface area contributed by atoms with Gasteiger partial charge in [-0.3, -0.25) is 4.98 Å². The van der Waals surface area contributed by atoms with E-state index in [1.807, 2.05) is 6.92 Å². The summed E-state index contributed by atoms with van der Waals surface area (Å²) < 4.78 is 14.5. The highest BCUT2D eigenvalue weighted by molar-refractivity contribution is 6.36. The maximum absolute atomic E-state index is 14.5. The number of rotatable bonds is 5. The second-order valence-electron chi connectivity index (χ2n) is 9.87. The summed E-state index contributed by atoms with van der Waals surface area (Å²) in [5.74, 6) is -0.0270. The molecule has 1 aliphatic rings. The lowest BCUT2D eigenvalue weighted by atomic mass is 10.1. The molecule has 3 aromatic rings. The number of hydrogen-bond donors (Lipinski definition) is 2. The fraction of sp³-hybridized carbons (Fsp3) is 0.321. The van der Waals surface area contributed by atoms with Crippen molar-refractivity contribution in [2.75, 3.05) is 25.0 Å². The quantitative estimate of drug-likeness (QED) is 0.202. The number of aromatic nitrogens is 2. The van der Waals surface area contributed by atoms with Crippen molar-refractivity contribution in [3.8, 4) is 11.3 Å². The van der Waals surface area contributed by atoms with Crippen LogP contribution in [0.1, 0.15) is 32.0 Å². The molecule has 2 aromatic heterocycles. The van der Waals surface area contributed by atoms with E-state index in [0.717, 1.165) is 5.69 Å². The van der Waals surface area contributed by atoms with Crippen molar-refractivity contribution in [3.63, 3.8) is 0 Å². The number of urea groups is 1. The lowest BCUT2D eigenvalue weighted by Gasteiger charge is -2.40. The number of carboxylic acid groups (broad SMARTS) is 1. The Labute approximate surface area is 241 Å². The van der Waals surface area contributed by atoms with Crippen molar-refractivity contribution in [3.05, 3.63) is 75.9 Å². The zero-order valence-corrected chi connectivity index (χ0v) is 23.7. The molecule has 0 spiro atoms. The minimum atomic E-state index is -1.03. The summed E-state index contributed by atoms with van der Waals surface area (Å²) in [7, 11) is 0. The van der Waals surface area contributed by atoms with E-state index in [9.17, 15) is 19.1 Å². The number of piperazine rings is 1. The molecular weight excluding hydrogens is 558 g/mol. The van der Waals surface area contributed by atoms with Gasteiger partial charge < -0.3 is 20.2 Å². The van der Waals surface area contributed by atoms with Crippen LogP contribution in [0.2, 0.25) is 10.2 Å². The molecule has 0 bridgehead atoms. The number of halogens is 3. The van der Waals surface area contributed by atoms with E-state index >= 15 is 0 Å². The van der Waals surface area contributed by atoms with Gasteiger partial charge in [-0.15, -0.1) is 0 Å². The predicted molar refractivity (Wildman–Crippen MR) is 154 cm³/mol. The Kier molecular flexibility index (Phi) is 9.21. The standard InChI is InChI=1S/C28H29Cl2FN6O3/c1-16(2)13-23-22(9-6-10-32-23)33-27(38)35-26(37-12-11-36(28(39)40)15-17(37)3)19-14-20(29)24(34-25(19)30)18-7-4-5-8-21(18)31/h4-10,14,16-17H,11-13,15H2,1-3H3,(H,33,38)(H,39,40)/b35-26+/t17-/m0/s1. The predicted octanol–water partition coefficient (Wildman–Crippen LogP) is 6.45. The summed E-state index contributed by atoms with van der Waals surface area (Å²) in [5, 5.41) is 12.3. The number of nitrogens with zero attached hydrogens (tertiary/aromatic N) is 5. The molecule has 1 aromatic carbocycles. The molecule has 1 aliphatic heterocycles. The molecule has 40 heavy (non-hydrogen) atoms. The molecule has 3 heterocycles. The van der Waals surface area contributed by atoms with Gasteiger partial charge in [0.15, 0.2) is 0 Å². The maximum Gasteiger partial charge on any atom is 0.407 e. The van der Waals surface area contributed by atoms with E-state index in [2.05, 4.69) is 34.1 Å². The van der Waals surface area contributed by atoms with Crippen LogP contribution in [0.25, 0.3) is 11.3 Å². The molecule has 0 unspecified atom stereocenters. The van der Waals surface area contributed by atoms with E-state index < -0.39 is 17.9 Å². The van der Waals surface area contributed by atoms with Crippen LogP contribution in [0.15, 0.2) is 53.7 Å². The van der Waals surface area contributed by atoms with Crippen LogP contribution in [0, 0.1) is 11.7 Å². The molecule has 4 rings (SSSR count). The van der Waals surface area contributed by atoms with Crippen molar-refractivity contribution in [1.29, 1.82) is 0 Å². The number of amidine groups is 1. The third-order valence-electron chi connectivity index (χ3n) is 6.41. The van der Waals surface area contributed by atoms with Gasteiger partial charge in [-0.05, 0) is 49.6 Å². The van der Waals surface area contributed by atoms with Crippen molar-refractivity contribution >= 4 is 46.8 Å². The van der Waals surface area contributed by atoms with E-state index in [-0.39, 0.29) is 58.5 Å². The summed E-state index contributed by atoms with van der Waals surface area (Å²) in [4.78, 5) is 41.1. The molecule has 0 aliphatic carbocycles. The van der Waals surface area contributed by atoms with Crippen molar-refractivity contribution in [1.82, 2.24) is 19.8 Å². The molecule has 0 radical (unpaired) electrons. The highest BCUT2D eigenvalue weighted by Gasteiger charge is 2.31. The number of nitrogens with one attached hydrogen (secondary N) is 1. The van der Waals surface area contributed by atoms with Crippen LogP contribution in [0.3, 0.4) is 0 Å². The fourth-order valence-corrected chi connectivity index (χ4v) is 5.01. The van der Waals surface area contributed by atoms with Crippen molar-refractivity contribution < 1.29 is 19.1 Å². The van der Waals surface area contributed by atoms with Gasteiger partial charge in [0, 0.05) is 37.4 Å². The fourth-order valence-electron chi connectivity index (χ4n) is 4.53. The minimum absolute atomic E-state index is 0.0380. The molecule has 3 amide bonds. The third kappa shape index (κ3) is 6.68. The van der Waals surface area contributed by atoms with Gasteiger partial charge >= 0.3 is 12.1 Å². The molecule has 1 atom stereocenters. The van der Waals surface area contributed by atoms with Gasteiger partial charge in [0.05, 0.1) is 27.7 Å². The summed E-state index contributed by atoms with van der Waals surface area (Å²) in [6.45, 7) is 6.54. The van der Waals surface area contributed by atoms with Gasteiger partial charge in [-0.2, -0.15) is 4.99 Å². The average Bonchev–Trinajstić information content (AvgIpc) is 2.90. The van der Waals surface area contributed by atoms with E-state index in [1.54, 1.807) is 35.4 Å². The molecule has 1 fully saturated rings. The van der Waals surface area contributed by atoms with Crippen LogP contribution < -0.4 is 5.32 Å². The Bertz CT molecular complexity index is 1450. The van der Waals surface area contributed by atoms with Gasteiger partial charge in [0.2, 0.25) is 0 Å². The molecule has 210 valence electrons. The second-order valence-corrected chi connectivity index (χ2v) is 10.6. The van der Waals surface area contributed by atoms with Crippen LogP contribution in [0.4, 0.5) is 19.7 Å². The number of anilines is 1. The first-order valence-corrected chi connectivity index (χ1v) is 13.5. The third-order valence-corrected chi connectivity index (χ3v) is 6.99. The van der Waals surface area contributed by atoms with Crippen LogP contribution in [0.5, 0.6) is 0 Å². The summed E-state index contributed by atoms with van der Waals surface area (Å²) in [6, 6.07) is 9.98. The maximum atomic E-state index is 14.5. The molecule has 0 saturated carbocycles. The van der Waals surface area contributed by atoms with Crippen LogP contribution >= 0.6 is 23.2 Å². The molecule has 9 nitrogen and oxygen atoms in total. The van der Waals surface area contributed by atoms with Gasteiger partial charge in [-0.25, -0.2) is 19.0 Å². The largest absolute Gasteiger partial charge is 0.465 e. The topological polar surface area (TPSA) is 111 Å². The zero-order valence-electron chi connectivity index (χ0n) is 22.2. The Morgan fingerprint density at radius 3 is 2.62 bits per heavy atom. The summed E-state index contributed by atoms with van der Waals surface area (Å²) in [5.41, 5.74) is 1.84. The molecule has 1 saturated heterocycles. The minimum Gasteiger partial charge on any atom is -0.465 e. The molecular formula is C28H29Cl2FN6O3. The number of carbonyl (C=O) groups excluding carboxylic acids is 1. The number of hydrogen-bond acceptors (Lipinski definition) is 4. The lowest BCUT2D eigenvalue weighted by molar-refractivity contribution is 0.106. The van der Waals surface area contributed by atoms with Crippen LogP contribution in [-0.4, -0.2) is 68.5 Å². The smallest absolute Gasteiger partial charge is 0.407 e. The van der Waals surface area contributed by atoms with E-state index in [0.29, 0.717) is 18.0 Å². The Morgan fingerprint density at radius 1 is 1.20 bits per heavy atom. The number of amides is 3. The van der Waals surface area contributed by atoms with Gasteiger partial charge in [0.25, 0.3) is 0 Å². The number of pyridine rings is 2. The van der Waals surface area contributed by atoms with Gasteiger partial charge in [0.1, 0.15) is 16.8 Å².